The smallest absolute Gasteiger partial charge is 0.404 e. The van der Waals surface area contributed by atoms with Crippen molar-refractivity contribution < 1.29 is 18.5 Å². The van der Waals surface area contributed by atoms with Crippen molar-refractivity contribution >= 4 is 23.8 Å². The third kappa shape index (κ3) is 3.48. The first-order valence-electron chi connectivity index (χ1n) is 3.37. The lowest BCUT2D eigenvalue weighted by Gasteiger charge is -2.09. The van der Waals surface area contributed by atoms with Crippen molar-refractivity contribution in [1.29, 1.82) is 0 Å². The Labute approximate surface area is 84.2 Å². The Balaban J connectivity index is 2.81. The minimum absolute atomic E-state index is 0.280. The molecule has 4 nitrogen and oxygen atoms in total. The van der Waals surface area contributed by atoms with Crippen LogP contribution in [-0.2, 0) is 9.09 Å². The van der Waals surface area contributed by atoms with Gasteiger partial charge in [0.1, 0.15) is 5.75 Å². The number of benzene rings is 1. The molecule has 1 unspecified atom stereocenters. The highest BCUT2D eigenvalue weighted by molar-refractivity contribution is 9.10. The third-order valence-electron chi connectivity index (χ3n) is 1.25. The van der Waals surface area contributed by atoms with Gasteiger partial charge in [-0.1, -0.05) is 22.0 Å². The topological polar surface area (TPSA) is 55.8 Å². The van der Waals surface area contributed by atoms with E-state index in [-0.39, 0.29) is 5.75 Å². The molecule has 0 fully saturated rings. The molecule has 13 heavy (non-hydrogen) atoms. The molecule has 0 amide bonds. The van der Waals surface area contributed by atoms with Crippen molar-refractivity contribution in [2.75, 3.05) is 7.11 Å². The van der Waals surface area contributed by atoms with Crippen molar-refractivity contribution in [3.8, 4) is 5.75 Å². The molecule has 0 saturated carbocycles. The molecule has 0 saturated heterocycles. The first-order chi connectivity index (χ1) is 6.03. The number of halogens is 1. The van der Waals surface area contributed by atoms with E-state index < -0.39 is 7.82 Å². The predicted octanol–water partition coefficient (Wildman–Crippen LogP) is 2.57. The standard InChI is InChI=1S/C7H8BrO4P/c1-11-13(9,10)12-7-4-2-3-6(8)5-7/h2-5H,1H3,(H,9,10). The van der Waals surface area contributed by atoms with Crippen LogP contribution in [0.25, 0.3) is 0 Å². The van der Waals surface area contributed by atoms with Crippen LogP contribution >= 0.6 is 23.8 Å². The average molecular weight is 267 g/mol. The van der Waals surface area contributed by atoms with Crippen LogP contribution in [0.1, 0.15) is 0 Å². The summed E-state index contributed by atoms with van der Waals surface area (Å²) in [7, 11) is -2.83. The second kappa shape index (κ2) is 4.24. The van der Waals surface area contributed by atoms with Crippen LogP contribution in [-0.4, -0.2) is 12.0 Å². The molecular formula is C7H8BrO4P. The summed E-state index contributed by atoms with van der Waals surface area (Å²) in [6.07, 6.45) is 0. The Hall–Kier alpha value is -0.350. The van der Waals surface area contributed by atoms with Gasteiger partial charge in [0.25, 0.3) is 0 Å². The molecule has 0 aliphatic heterocycles. The molecule has 1 rings (SSSR count). The average Bonchev–Trinajstić information content (AvgIpc) is 2.03. The van der Waals surface area contributed by atoms with Gasteiger partial charge in [-0.3, -0.25) is 9.42 Å². The Kier molecular flexibility index (Phi) is 3.50. The van der Waals surface area contributed by atoms with Crippen LogP contribution in [0.5, 0.6) is 5.75 Å². The van der Waals surface area contributed by atoms with E-state index in [4.69, 9.17) is 9.42 Å². The van der Waals surface area contributed by atoms with E-state index in [2.05, 4.69) is 20.5 Å². The van der Waals surface area contributed by atoms with E-state index in [0.717, 1.165) is 11.6 Å². The Morgan fingerprint density at radius 3 is 2.77 bits per heavy atom. The summed E-state index contributed by atoms with van der Waals surface area (Å²) < 4.78 is 20.7. The maximum atomic E-state index is 11.0. The lowest BCUT2D eigenvalue weighted by Crippen LogP contribution is -1.93. The van der Waals surface area contributed by atoms with E-state index >= 15 is 0 Å². The highest BCUT2D eigenvalue weighted by Gasteiger charge is 2.19. The van der Waals surface area contributed by atoms with E-state index in [0.29, 0.717) is 0 Å². The summed E-state index contributed by atoms with van der Waals surface area (Å²) in [5.74, 6) is 0.280. The predicted molar refractivity (Wildman–Crippen MR) is 51.6 cm³/mol. The minimum atomic E-state index is -3.94. The fourth-order valence-corrected chi connectivity index (χ4v) is 1.53. The van der Waals surface area contributed by atoms with Gasteiger partial charge in [-0.05, 0) is 18.2 Å². The van der Waals surface area contributed by atoms with Crippen molar-refractivity contribution in [2.45, 2.75) is 0 Å². The fourth-order valence-electron chi connectivity index (χ4n) is 0.694. The molecule has 1 aromatic carbocycles. The molecule has 0 heterocycles. The van der Waals surface area contributed by atoms with E-state index in [9.17, 15) is 4.57 Å². The van der Waals surface area contributed by atoms with E-state index in [1.807, 2.05) is 0 Å². The number of hydrogen-bond acceptors (Lipinski definition) is 3. The molecular weight excluding hydrogens is 259 g/mol. The lowest BCUT2D eigenvalue weighted by molar-refractivity contribution is 0.242. The van der Waals surface area contributed by atoms with Crippen molar-refractivity contribution in [3.05, 3.63) is 28.7 Å². The molecule has 0 aliphatic rings. The minimum Gasteiger partial charge on any atom is -0.404 e. The maximum absolute atomic E-state index is 11.0. The monoisotopic (exact) mass is 266 g/mol. The van der Waals surface area contributed by atoms with Gasteiger partial charge in [0, 0.05) is 11.6 Å². The molecule has 0 bridgehead atoms. The third-order valence-corrected chi connectivity index (χ3v) is 2.64. The van der Waals surface area contributed by atoms with Gasteiger partial charge in [0.05, 0.1) is 0 Å². The number of phosphoric ester groups is 1. The van der Waals surface area contributed by atoms with Gasteiger partial charge in [0.15, 0.2) is 0 Å². The van der Waals surface area contributed by atoms with Gasteiger partial charge < -0.3 is 4.52 Å². The summed E-state index contributed by atoms with van der Waals surface area (Å²) in [5, 5.41) is 0. The van der Waals surface area contributed by atoms with Gasteiger partial charge in [-0.2, -0.15) is 0 Å². The molecule has 72 valence electrons. The van der Waals surface area contributed by atoms with Crippen LogP contribution in [0, 0.1) is 0 Å². The Bertz CT molecular complexity index is 341. The molecule has 0 aromatic heterocycles. The van der Waals surface area contributed by atoms with Gasteiger partial charge in [-0.25, -0.2) is 4.57 Å². The Morgan fingerprint density at radius 1 is 1.54 bits per heavy atom. The van der Waals surface area contributed by atoms with Crippen LogP contribution < -0.4 is 4.52 Å². The first-order valence-corrected chi connectivity index (χ1v) is 5.66. The summed E-state index contributed by atoms with van der Waals surface area (Å²) in [6, 6.07) is 6.60. The molecule has 0 radical (unpaired) electrons. The second-order valence-electron chi connectivity index (χ2n) is 2.20. The van der Waals surface area contributed by atoms with E-state index in [1.165, 1.54) is 0 Å². The molecule has 1 atom stereocenters. The second-order valence-corrected chi connectivity index (χ2v) is 4.60. The zero-order valence-corrected chi connectivity index (χ0v) is 9.29. The van der Waals surface area contributed by atoms with Crippen LogP contribution in [0.4, 0.5) is 0 Å². The fraction of sp³-hybridized carbons (Fsp3) is 0.143. The van der Waals surface area contributed by atoms with Crippen LogP contribution in [0.15, 0.2) is 28.7 Å². The van der Waals surface area contributed by atoms with Crippen LogP contribution in [0.3, 0.4) is 0 Å². The maximum Gasteiger partial charge on any atom is 0.527 e. The molecule has 1 aromatic rings. The van der Waals surface area contributed by atoms with Gasteiger partial charge in [0.2, 0.25) is 0 Å². The van der Waals surface area contributed by atoms with Gasteiger partial charge in [-0.15, -0.1) is 0 Å². The molecule has 0 aliphatic carbocycles. The zero-order valence-electron chi connectivity index (χ0n) is 6.81. The number of hydrogen-bond donors (Lipinski definition) is 1. The lowest BCUT2D eigenvalue weighted by atomic mass is 10.3. The summed E-state index contributed by atoms with van der Waals surface area (Å²) >= 11 is 3.20. The first kappa shape index (κ1) is 10.7. The highest BCUT2D eigenvalue weighted by atomic mass is 79.9. The largest absolute Gasteiger partial charge is 0.527 e. The Morgan fingerprint density at radius 2 is 2.23 bits per heavy atom. The number of phosphoric acid groups is 1. The van der Waals surface area contributed by atoms with Crippen molar-refractivity contribution in [2.24, 2.45) is 0 Å². The summed E-state index contributed by atoms with van der Waals surface area (Å²) in [4.78, 5) is 8.96. The SMILES string of the molecule is COP(=O)(O)Oc1cccc(Br)c1. The van der Waals surface area contributed by atoms with Crippen LogP contribution in [0.2, 0.25) is 0 Å². The summed E-state index contributed by atoms with van der Waals surface area (Å²) in [6.45, 7) is 0. The molecule has 1 N–H and O–H groups in total. The normalized spacial score (nSPS) is 15.0. The quantitative estimate of drug-likeness (QED) is 0.855. The zero-order chi connectivity index (χ0) is 9.90. The van der Waals surface area contributed by atoms with Crippen molar-refractivity contribution in [1.82, 2.24) is 0 Å². The molecule has 6 heteroatoms. The highest BCUT2D eigenvalue weighted by Crippen LogP contribution is 2.42. The number of rotatable bonds is 3. The van der Waals surface area contributed by atoms with E-state index in [1.54, 1.807) is 24.3 Å². The summed E-state index contributed by atoms with van der Waals surface area (Å²) in [5.41, 5.74) is 0. The van der Waals surface area contributed by atoms with Gasteiger partial charge >= 0.3 is 7.82 Å². The van der Waals surface area contributed by atoms with Crippen molar-refractivity contribution in [3.63, 3.8) is 0 Å². The molecule has 0 spiro atoms.